The third-order valence-electron chi connectivity index (χ3n) is 3.94. The Hall–Kier alpha value is -1.10. The van der Waals surface area contributed by atoms with Crippen molar-refractivity contribution in [2.45, 2.75) is 40.0 Å². The van der Waals surface area contributed by atoms with E-state index in [0.29, 0.717) is 51.5 Å². The minimum absolute atomic E-state index is 0.179. The minimum Gasteiger partial charge on any atom is -0.339 e. The van der Waals surface area contributed by atoms with Gasteiger partial charge in [-0.1, -0.05) is 27.2 Å². The van der Waals surface area contributed by atoms with Gasteiger partial charge in [0.05, 0.1) is 0 Å². The number of carbonyl (C=O) groups excluding carboxylic acids is 2. The number of carbonyl (C=O) groups is 2. The van der Waals surface area contributed by atoms with Crippen LogP contribution in [-0.4, -0.2) is 54.3 Å². The van der Waals surface area contributed by atoms with E-state index >= 15 is 0 Å². The molecule has 2 N–H and O–H groups in total. The van der Waals surface area contributed by atoms with Crippen molar-refractivity contribution in [3.05, 3.63) is 0 Å². The SMILES string of the molecule is CCC(CN)CC(=O)N1CCN(C(=O)CC(C)C)CC1. The summed E-state index contributed by atoms with van der Waals surface area (Å²) in [4.78, 5) is 27.9. The standard InChI is InChI=1S/C15H29N3O2/c1-4-13(11-16)10-15(20)18-7-5-17(6-8-18)14(19)9-12(2)3/h12-13H,4-11,16H2,1-3H3. The molecule has 20 heavy (non-hydrogen) atoms. The predicted molar refractivity (Wildman–Crippen MR) is 80.1 cm³/mol. The van der Waals surface area contributed by atoms with Crippen molar-refractivity contribution in [1.29, 1.82) is 0 Å². The van der Waals surface area contributed by atoms with Crippen molar-refractivity contribution >= 4 is 11.8 Å². The average molecular weight is 283 g/mol. The fourth-order valence-corrected chi connectivity index (χ4v) is 2.45. The molecule has 1 heterocycles. The number of nitrogens with zero attached hydrogens (tertiary/aromatic N) is 2. The summed E-state index contributed by atoms with van der Waals surface area (Å²) in [5.74, 6) is 1.05. The summed E-state index contributed by atoms with van der Waals surface area (Å²) in [6.07, 6.45) is 2.07. The largest absolute Gasteiger partial charge is 0.339 e. The van der Waals surface area contributed by atoms with Crippen molar-refractivity contribution in [1.82, 2.24) is 9.80 Å². The van der Waals surface area contributed by atoms with Crippen LogP contribution in [0.5, 0.6) is 0 Å². The molecule has 0 aliphatic carbocycles. The van der Waals surface area contributed by atoms with Crippen molar-refractivity contribution in [2.24, 2.45) is 17.6 Å². The Kier molecular flexibility index (Phi) is 6.99. The normalized spacial score (nSPS) is 17.4. The van der Waals surface area contributed by atoms with E-state index in [-0.39, 0.29) is 17.7 Å². The van der Waals surface area contributed by atoms with Gasteiger partial charge in [0, 0.05) is 39.0 Å². The lowest BCUT2D eigenvalue weighted by atomic mass is 10.0. The molecule has 0 aromatic heterocycles. The van der Waals surface area contributed by atoms with Crippen LogP contribution < -0.4 is 5.73 Å². The van der Waals surface area contributed by atoms with Crippen molar-refractivity contribution in [3.8, 4) is 0 Å². The maximum absolute atomic E-state index is 12.1. The van der Waals surface area contributed by atoms with Crippen LogP contribution in [-0.2, 0) is 9.59 Å². The summed E-state index contributed by atoms with van der Waals surface area (Å²) in [5.41, 5.74) is 5.65. The zero-order chi connectivity index (χ0) is 15.1. The molecule has 0 spiro atoms. The monoisotopic (exact) mass is 283 g/mol. The Bertz CT molecular complexity index is 319. The molecule has 116 valence electrons. The number of hydrogen-bond acceptors (Lipinski definition) is 3. The minimum atomic E-state index is 0.179. The Morgan fingerprint density at radius 2 is 1.45 bits per heavy atom. The zero-order valence-corrected chi connectivity index (χ0v) is 13.1. The van der Waals surface area contributed by atoms with Crippen LogP contribution in [0.4, 0.5) is 0 Å². The molecule has 1 unspecified atom stereocenters. The summed E-state index contributed by atoms with van der Waals surface area (Å²) >= 11 is 0. The highest BCUT2D eigenvalue weighted by Crippen LogP contribution is 2.12. The third kappa shape index (κ3) is 5.12. The highest BCUT2D eigenvalue weighted by atomic mass is 16.2. The van der Waals surface area contributed by atoms with E-state index in [9.17, 15) is 9.59 Å². The lowest BCUT2D eigenvalue weighted by molar-refractivity contribution is -0.140. The van der Waals surface area contributed by atoms with Crippen molar-refractivity contribution in [2.75, 3.05) is 32.7 Å². The maximum Gasteiger partial charge on any atom is 0.223 e. The summed E-state index contributed by atoms with van der Waals surface area (Å²) in [6.45, 7) is 9.37. The fraction of sp³-hybridized carbons (Fsp3) is 0.867. The van der Waals surface area contributed by atoms with Gasteiger partial charge in [0.25, 0.3) is 0 Å². The average Bonchev–Trinajstić information content (AvgIpc) is 2.43. The van der Waals surface area contributed by atoms with Crippen LogP contribution in [0.25, 0.3) is 0 Å². The molecule has 1 aliphatic rings. The fourth-order valence-electron chi connectivity index (χ4n) is 2.45. The predicted octanol–water partition coefficient (Wildman–Crippen LogP) is 1.08. The van der Waals surface area contributed by atoms with E-state index in [1.165, 1.54) is 0 Å². The molecule has 1 fully saturated rings. The molecule has 1 saturated heterocycles. The molecule has 1 atom stereocenters. The Balaban J connectivity index is 2.38. The Morgan fingerprint density at radius 1 is 1.00 bits per heavy atom. The molecular formula is C15H29N3O2. The highest BCUT2D eigenvalue weighted by molar-refractivity contribution is 5.78. The lowest BCUT2D eigenvalue weighted by Gasteiger charge is -2.35. The second-order valence-electron chi connectivity index (χ2n) is 6.07. The van der Waals surface area contributed by atoms with Gasteiger partial charge in [-0.15, -0.1) is 0 Å². The molecule has 0 aromatic rings. The van der Waals surface area contributed by atoms with Gasteiger partial charge in [-0.3, -0.25) is 9.59 Å². The quantitative estimate of drug-likeness (QED) is 0.793. The topological polar surface area (TPSA) is 66.6 Å². The zero-order valence-electron chi connectivity index (χ0n) is 13.1. The first kappa shape index (κ1) is 17.0. The molecule has 0 radical (unpaired) electrons. The van der Waals surface area contributed by atoms with Gasteiger partial charge in [0.2, 0.25) is 11.8 Å². The van der Waals surface area contributed by atoms with Crippen LogP contribution >= 0.6 is 0 Å². The van der Waals surface area contributed by atoms with Crippen LogP contribution in [0.3, 0.4) is 0 Å². The first-order valence-electron chi connectivity index (χ1n) is 7.73. The number of nitrogens with two attached hydrogens (primary N) is 1. The highest BCUT2D eigenvalue weighted by Gasteiger charge is 2.25. The summed E-state index contributed by atoms with van der Waals surface area (Å²) in [7, 11) is 0. The van der Waals surface area contributed by atoms with Gasteiger partial charge in [-0.2, -0.15) is 0 Å². The molecular weight excluding hydrogens is 254 g/mol. The van der Waals surface area contributed by atoms with E-state index in [1.807, 2.05) is 9.80 Å². The van der Waals surface area contributed by atoms with Crippen LogP contribution in [0.1, 0.15) is 40.0 Å². The molecule has 5 heteroatoms. The van der Waals surface area contributed by atoms with Crippen molar-refractivity contribution in [3.63, 3.8) is 0 Å². The van der Waals surface area contributed by atoms with E-state index in [0.717, 1.165) is 6.42 Å². The number of rotatable bonds is 6. The molecule has 0 saturated carbocycles. The van der Waals surface area contributed by atoms with Gasteiger partial charge < -0.3 is 15.5 Å². The van der Waals surface area contributed by atoms with Gasteiger partial charge in [0.1, 0.15) is 0 Å². The van der Waals surface area contributed by atoms with Crippen LogP contribution in [0, 0.1) is 11.8 Å². The first-order valence-corrected chi connectivity index (χ1v) is 7.73. The third-order valence-corrected chi connectivity index (χ3v) is 3.94. The smallest absolute Gasteiger partial charge is 0.223 e. The number of piperazine rings is 1. The Labute approximate surface area is 122 Å². The van der Waals surface area contributed by atoms with E-state index in [1.54, 1.807) is 0 Å². The molecule has 2 amide bonds. The number of hydrogen-bond donors (Lipinski definition) is 1. The van der Waals surface area contributed by atoms with E-state index in [2.05, 4.69) is 20.8 Å². The van der Waals surface area contributed by atoms with Crippen molar-refractivity contribution < 1.29 is 9.59 Å². The second-order valence-corrected chi connectivity index (χ2v) is 6.07. The maximum atomic E-state index is 12.1. The Morgan fingerprint density at radius 3 is 1.80 bits per heavy atom. The van der Waals surface area contributed by atoms with E-state index in [4.69, 9.17) is 5.73 Å². The molecule has 1 rings (SSSR count). The second kappa shape index (κ2) is 8.25. The van der Waals surface area contributed by atoms with E-state index < -0.39 is 0 Å². The molecule has 0 aromatic carbocycles. The van der Waals surface area contributed by atoms with Gasteiger partial charge in [0.15, 0.2) is 0 Å². The number of amides is 2. The van der Waals surface area contributed by atoms with Gasteiger partial charge >= 0.3 is 0 Å². The van der Waals surface area contributed by atoms with Crippen LogP contribution in [0.2, 0.25) is 0 Å². The summed E-state index contributed by atoms with van der Waals surface area (Å²) in [5, 5.41) is 0. The molecule has 1 aliphatic heterocycles. The molecule has 5 nitrogen and oxygen atoms in total. The summed E-state index contributed by atoms with van der Waals surface area (Å²) in [6, 6.07) is 0. The first-order chi connectivity index (χ1) is 9.47. The summed E-state index contributed by atoms with van der Waals surface area (Å²) < 4.78 is 0. The van der Waals surface area contributed by atoms with Crippen LogP contribution in [0.15, 0.2) is 0 Å². The molecule has 0 bridgehead atoms. The van der Waals surface area contributed by atoms with Gasteiger partial charge in [-0.05, 0) is 18.4 Å². The lowest BCUT2D eigenvalue weighted by Crippen LogP contribution is -2.51. The van der Waals surface area contributed by atoms with Gasteiger partial charge in [-0.25, -0.2) is 0 Å².